The summed E-state index contributed by atoms with van der Waals surface area (Å²) in [5, 5.41) is 3.43. The molecule has 0 aliphatic heterocycles. The summed E-state index contributed by atoms with van der Waals surface area (Å²) < 4.78 is 18.6. The first-order valence-electron chi connectivity index (χ1n) is 6.61. The molecule has 0 spiro atoms. The summed E-state index contributed by atoms with van der Waals surface area (Å²) in [6, 6.07) is 9.13. The number of rotatable bonds is 5. The zero-order chi connectivity index (χ0) is 14.5. The van der Waals surface area contributed by atoms with Crippen LogP contribution in [-0.2, 0) is 0 Å². The fourth-order valence-corrected chi connectivity index (χ4v) is 2.15. The molecule has 0 aliphatic carbocycles. The normalized spacial score (nSPS) is 13.8. The Labute approximate surface area is 118 Å². The van der Waals surface area contributed by atoms with Crippen LogP contribution in [0.3, 0.4) is 0 Å². The summed E-state index contributed by atoms with van der Waals surface area (Å²) in [6.45, 7) is 4.07. The minimum absolute atomic E-state index is 0.0330. The second-order valence-corrected chi connectivity index (χ2v) is 4.79. The van der Waals surface area contributed by atoms with Gasteiger partial charge in [0.05, 0.1) is 7.11 Å². The summed E-state index contributed by atoms with van der Waals surface area (Å²) in [5.74, 6) is -0.0751. The number of hydrogen-bond acceptors (Lipinski definition) is 3. The molecule has 0 fully saturated rings. The molecule has 1 aromatic heterocycles. The number of ether oxygens (including phenoxy) is 1. The Bertz CT molecular complexity index is 560. The van der Waals surface area contributed by atoms with Crippen molar-refractivity contribution in [2.45, 2.75) is 25.9 Å². The van der Waals surface area contributed by atoms with Gasteiger partial charge in [-0.2, -0.15) is 0 Å². The monoisotopic (exact) mass is 274 g/mol. The molecule has 2 aromatic rings. The van der Waals surface area contributed by atoms with Crippen LogP contribution in [0.25, 0.3) is 0 Å². The van der Waals surface area contributed by atoms with Gasteiger partial charge in [-0.3, -0.25) is 4.98 Å². The Kier molecular flexibility index (Phi) is 4.69. The lowest BCUT2D eigenvalue weighted by Crippen LogP contribution is -2.22. The maximum absolute atomic E-state index is 13.7. The molecule has 0 aliphatic rings. The van der Waals surface area contributed by atoms with E-state index in [9.17, 15) is 4.39 Å². The highest BCUT2D eigenvalue weighted by Crippen LogP contribution is 2.23. The van der Waals surface area contributed by atoms with E-state index < -0.39 is 0 Å². The molecule has 3 nitrogen and oxygen atoms in total. The number of benzene rings is 1. The summed E-state index contributed by atoms with van der Waals surface area (Å²) in [6.07, 6.45) is 3.58. The standard InChI is InChI=1S/C16H19FN2O/c1-11(13-6-7-16(20-3)15(17)9-13)19-12(2)14-5-4-8-18-10-14/h4-12,19H,1-3H3/t11?,12-/m0/s1. The van der Waals surface area contributed by atoms with Gasteiger partial charge in [-0.25, -0.2) is 4.39 Å². The molecule has 2 rings (SSSR count). The number of methoxy groups -OCH3 is 1. The molecule has 1 heterocycles. The lowest BCUT2D eigenvalue weighted by molar-refractivity contribution is 0.385. The highest BCUT2D eigenvalue weighted by atomic mass is 19.1. The minimum atomic E-state index is -0.340. The Balaban J connectivity index is 2.08. The van der Waals surface area contributed by atoms with Crippen molar-refractivity contribution in [2.24, 2.45) is 0 Å². The predicted molar refractivity (Wildman–Crippen MR) is 77.2 cm³/mol. The zero-order valence-electron chi connectivity index (χ0n) is 11.9. The Morgan fingerprint density at radius 2 is 1.90 bits per heavy atom. The van der Waals surface area contributed by atoms with Gasteiger partial charge in [0.15, 0.2) is 11.6 Å². The van der Waals surface area contributed by atoms with Crippen LogP contribution >= 0.6 is 0 Å². The van der Waals surface area contributed by atoms with Gasteiger partial charge in [-0.15, -0.1) is 0 Å². The van der Waals surface area contributed by atoms with Gasteiger partial charge in [0, 0.05) is 24.5 Å². The third kappa shape index (κ3) is 3.33. The third-order valence-corrected chi connectivity index (χ3v) is 3.36. The summed E-state index contributed by atoms with van der Waals surface area (Å²) in [5.41, 5.74) is 1.99. The number of pyridine rings is 1. The fraction of sp³-hybridized carbons (Fsp3) is 0.312. The maximum atomic E-state index is 13.7. The van der Waals surface area contributed by atoms with Crippen LogP contribution in [-0.4, -0.2) is 12.1 Å². The average molecular weight is 274 g/mol. The quantitative estimate of drug-likeness (QED) is 0.903. The Morgan fingerprint density at radius 1 is 1.15 bits per heavy atom. The largest absolute Gasteiger partial charge is 0.494 e. The summed E-state index contributed by atoms with van der Waals surface area (Å²) in [4.78, 5) is 4.11. The van der Waals surface area contributed by atoms with Crippen molar-refractivity contribution in [2.75, 3.05) is 7.11 Å². The number of nitrogens with zero attached hydrogens (tertiary/aromatic N) is 1. The van der Waals surface area contributed by atoms with Gasteiger partial charge in [0.2, 0.25) is 0 Å². The Hall–Kier alpha value is -1.94. The topological polar surface area (TPSA) is 34.1 Å². The van der Waals surface area contributed by atoms with Crippen molar-refractivity contribution in [1.29, 1.82) is 0 Å². The van der Waals surface area contributed by atoms with Crippen LogP contribution in [0.2, 0.25) is 0 Å². The molecular formula is C16H19FN2O. The Morgan fingerprint density at radius 3 is 2.50 bits per heavy atom. The maximum Gasteiger partial charge on any atom is 0.165 e. The molecule has 1 N–H and O–H groups in total. The van der Waals surface area contributed by atoms with E-state index in [0.29, 0.717) is 0 Å². The molecule has 106 valence electrons. The van der Waals surface area contributed by atoms with E-state index in [0.717, 1.165) is 11.1 Å². The lowest BCUT2D eigenvalue weighted by Gasteiger charge is -2.21. The van der Waals surface area contributed by atoms with Crippen molar-refractivity contribution in [3.05, 3.63) is 59.7 Å². The molecular weight excluding hydrogens is 255 g/mol. The number of nitrogens with one attached hydrogen (secondary N) is 1. The highest BCUT2D eigenvalue weighted by Gasteiger charge is 2.13. The van der Waals surface area contributed by atoms with Gasteiger partial charge in [-0.1, -0.05) is 12.1 Å². The number of halogens is 1. The van der Waals surface area contributed by atoms with Gasteiger partial charge in [-0.05, 0) is 43.2 Å². The molecule has 0 radical (unpaired) electrons. The number of aromatic nitrogens is 1. The molecule has 1 unspecified atom stereocenters. The van der Waals surface area contributed by atoms with Crippen molar-refractivity contribution < 1.29 is 9.13 Å². The van der Waals surface area contributed by atoms with Crippen molar-refractivity contribution >= 4 is 0 Å². The summed E-state index contributed by atoms with van der Waals surface area (Å²) in [7, 11) is 1.46. The van der Waals surface area contributed by atoms with E-state index in [1.54, 1.807) is 12.3 Å². The van der Waals surface area contributed by atoms with E-state index in [2.05, 4.69) is 17.2 Å². The van der Waals surface area contributed by atoms with E-state index in [1.165, 1.54) is 13.2 Å². The minimum Gasteiger partial charge on any atom is -0.494 e. The van der Waals surface area contributed by atoms with E-state index in [-0.39, 0.29) is 23.7 Å². The van der Waals surface area contributed by atoms with Crippen LogP contribution < -0.4 is 10.1 Å². The number of hydrogen-bond donors (Lipinski definition) is 1. The van der Waals surface area contributed by atoms with Crippen LogP contribution in [0.5, 0.6) is 5.75 Å². The van der Waals surface area contributed by atoms with Crippen molar-refractivity contribution in [3.8, 4) is 5.75 Å². The molecule has 0 saturated carbocycles. The van der Waals surface area contributed by atoms with Gasteiger partial charge in [0.1, 0.15) is 0 Å². The van der Waals surface area contributed by atoms with Crippen molar-refractivity contribution in [1.82, 2.24) is 10.3 Å². The second kappa shape index (κ2) is 6.48. The van der Waals surface area contributed by atoms with Gasteiger partial charge >= 0.3 is 0 Å². The molecule has 1 aromatic carbocycles. The van der Waals surface area contributed by atoms with Crippen LogP contribution in [0, 0.1) is 5.82 Å². The predicted octanol–water partition coefficient (Wildman–Crippen LogP) is 3.64. The SMILES string of the molecule is COc1ccc(C(C)N[C@@H](C)c2cccnc2)cc1F. The van der Waals surface area contributed by atoms with Crippen LogP contribution in [0.1, 0.15) is 37.1 Å². The smallest absolute Gasteiger partial charge is 0.165 e. The van der Waals surface area contributed by atoms with Gasteiger partial charge in [0.25, 0.3) is 0 Å². The fourth-order valence-electron chi connectivity index (χ4n) is 2.15. The van der Waals surface area contributed by atoms with E-state index in [4.69, 9.17) is 4.74 Å². The summed E-state index contributed by atoms with van der Waals surface area (Å²) >= 11 is 0. The molecule has 0 amide bonds. The van der Waals surface area contributed by atoms with Crippen LogP contribution in [0.15, 0.2) is 42.7 Å². The van der Waals surface area contributed by atoms with Crippen molar-refractivity contribution in [3.63, 3.8) is 0 Å². The molecule has 0 bridgehead atoms. The highest BCUT2D eigenvalue weighted by molar-refractivity contribution is 5.31. The first-order chi connectivity index (χ1) is 9.61. The van der Waals surface area contributed by atoms with E-state index >= 15 is 0 Å². The molecule has 2 atom stereocenters. The molecule has 20 heavy (non-hydrogen) atoms. The first kappa shape index (κ1) is 14.5. The van der Waals surface area contributed by atoms with E-state index in [1.807, 2.05) is 31.3 Å². The average Bonchev–Trinajstić information content (AvgIpc) is 2.48. The second-order valence-electron chi connectivity index (χ2n) is 4.79. The third-order valence-electron chi connectivity index (χ3n) is 3.36. The van der Waals surface area contributed by atoms with Gasteiger partial charge < -0.3 is 10.1 Å². The lowest BCUT2D eigenvalue weighted by atomic mass is 10.0. The first-order valence-corrected chi connectivity index (χ1v) is 6.61. The van der Waals surface area contributed by atoms with Crippen LogP contribution in [0.4, 0.5) is 4.39 Å². The zero-order valence-corrected chi connectivity index (χ0v) is 11.9. The molecule has 0 saturated heterocycles. The molecule has 4 heteroatoms.